The van der Waals surface area contributed by atoms with Crippen LogP contribution in [-0.4, -0.2) is 47.1 Å². The number of aryl methyl sites for hydroxylation is 1. The first-order valence-electron chi connectivity index (χ1n) is 7.56. The number of imidazole rings is 1. The first-order chi connectivity index (χ1) is 13.1. The van der Waals surface area contributed by atoms with Crippen LogP contribution in [0.5, 0.6) is 0 Å². The molecule has 15 heteroatoms. The van der Waals surface area contributed by atoms with E-state index in [4.69, 9.17) is 39.5 Å². The van der Waals surface area contributed by atoms with Crippen molar-refractivity contribution in [2.75, 3.05) is 11.9 Å². The molecule has 0 saturated carbocycles. The first kappa shape index (κ1) is 21.7. The topological polar surface area (TPSA) is 157 Å². The van der Waals surface area contributed by atoms with Crippen molar-refractivity contribution in [2.45, 2.75) is 23.4 Å². The third-order valence-corrected chi connectivity index (χ3v) is 3.97. The van der Waals surface area contributed by atoms with Crippen LogP contribution in [0.4, 0.5) is 16.6 Å². The molecule has 0 aliphatic carbocycles. The molecule has 2 rings (SSSR count). The maximum Gasteiger partial charge on any atom is 0.409 e. The Hall–Kier alpha value is -2.57. The average Bonchev–Trinajstić information content (AvgIpc) is 2.95. The molecule has 3 N–H and O–H groups in total. The predicted molar refractivity (Wildman–Crippen MR) is 101 cm³/mol. The van der Waals surface area contributed by atoms with Gasteiger partial charge in [-0.15, -0.1) is 0 Å². The van der Waals surface area contributed by atoms with Crippen molar-refractivity contribution >= 4 is 52.7 Å². The van der Waals surface area contributed by atoms with Gasteiger partial charge in [0.15, 0.2) is 12.0 Å². The van der Waals surface area contributed by atoms with Gasteiger partial charge >= 0.3 is 11.9 Å². The molecule has 1 atom stereocenters. The SMILES string of the molecule is Cc1ncc([N+](=O)[O-])n1CCOC(=O)NC(Nc1nccc(=O)[nH]1)C(Cl)(Cl)Cl. The van der Waals surface area contributed by atoms with Crippen molar-refractivity contribution in [3.8, 4) is 0 Å². The van der Waals surface area contributed by atoms with E-state index in [-0.39, 0.29) is 24.9 Å². The number of carbonyl (C=O) groups is 1. The van der Waals surface area contributed by atoms with Crippen LogP contribution in [0.25, 0.3) is 0 Å². The number of alkyl carbamates (subject to hydrolysis) is 1. The Morgan fingerprint density at radius 2 is 2.18 bits per heavy atom. The number of nitrogens with zero attached hydrogens (tertiary/aromatic N) is 4. The fourth-order valence-corrected chi connectivity index (χ4v) is 2.37. The normalized spacial score (nSPS) is 12.3. The van der Waals surface area contributed by atoms with Crippen molar-refractivity contribution in [2.24, 2.45) is 0 Å². The number of alkyl halides is 3. The molecule has 0 saturated heterocycles. The molecule has 1 unspecified atom stereocenters. The van der Waals surface area contributed by atoms with E-state index >= 15 is 0 Å². The molecular weight excluding hydrogens is 441 g/mol. The fourth-order valence-electron chi connectivity index (χ4n) is 2.05. The number of hydrogen-bond donors (Lipinski definition) is 3. The fraction of sp³-hybridized carbons (Fsp3) is 0.385. The van der Waals surface area contributed by atoms with Crippen molar-refractivity contribution in [1.29, 1.82) is 0 Å². The second-order valence-electron chi connectivity index (χ2n) is 5.25. The van der Waals surface area contributed by atoms with Crippen LogP contribution in [-0.2, 0) is 11.3 Å². The molecule has 0 aliphatic rings. The number of amides is 1. The lowest BCUT2D eigenvalue weighted by Crippen LogP contribution is -2.49. The molecule has 28 heavy (non-hydrogen) atoms. The highest BCUT2D eigenvalue weighted by Gasteiger charge is 2.35. The number of nitro groups is 1. The number of hydrogen-bond acceptors (Lipinski definition) is 8. The molecular formula is C13H14Cl3N7O5. The lowest BCUT2D eigenvalue weighted by molar-refractivity contribution is -0.392. The largest absolute Gasteiger partial charge is 0.445 e. The zero-order valence-corrected chi connectivity index (χ0v) is 16.5. The smallest absolute Gasteiger partial charge is 0.409 e. The van der Waals surface area contributed by atoms with Crippen LogP contribution < -0.4 is 16.2 Å². The highest BCUT2D eigenvalue weighted by Crippen LogP contribution is 2.30. The number of aromatic amines is 1. The van der Waals surface area contributed by atoms with Crippen molar-refractivity contribution in [3.05, 3.63) is 44.8 Å². The standard InChI is InChI=1S/C13H14Cl3N7O5/c1-7-18-6-9(23(26)27)22(7)4-5-28-12(25)21-10(13(14,15)16)20-11-17-3-2-8(24)19-11/h2-3,6,10H,4-5H2,1H3,(H,21,25)(H2,17,19,20,24). The number of halogens is 3. The number of aromatic nitrogens is 4. The molecule has 2 heterocycles. The van der Waals surface area contributed by atoms with E-state index in [2.05, 4.69) is 25.6 Å². The summed E-state index contributed by atoms with van der Waals surface area (Å²) in [6.07, 6.45) is 0.0450. The molecule has 2 aromatic rings. The van der Waals surface area contributed by atoms with Gasteiger partial charge in [-0.2, -0.15) is 0 Å². The summed E-state index contributed by atoms with van der Waals surface area (Å²) >= 11 is 17.4. The average molecular weight is 455 g/mol. The summed E-state index contributed by atoms with van der Waals surface area (Å²) in [7, 11) is 0. The van der Waals surface area contributed by atoms with E-state index in [1.807, 2.05) is 0 Å². The number of nitrogens with one attached hydrogen (secondary N) is 3. The Kier molecular flexibility index (Phi) is 7.05. The Balaban J connectivity index is 1.96. The third kappa shape index (κ3) is 5.97. The van der Waals surface area contributed by atoms with Gasteiger partial charge in [0.2, 0.25) is 9.74 Å². The predicted octanol–water partition coefficient (Wildman–Crippen LogP) is 1.72. The minimum absolute atomic E-state index is 0.00497. The second kappa shape index (κ2) is 9.08. The van der Waals surface area contributed by atoms with Crippen LogP contribution in [0.3, 0.4) is 0 Å². The summed E-state index contributed by atoms with van der Waals surface area (Å²) in [6, 6.07) is 1.18. The van der Waals surface area contributed by atoms with Gasteiger partial charge in [0, 0.05) is 19.2 Å². The number of H-pyrrole nitrogens is 1. The van der Waals surface area contributed by atoms with Crippen LogP contribution in [0.15, 0.2) is 23.3 Å². The van der Waals surface area contributed by atoms with E-state index in [1.54, 1.807) is 6.92 Å². The van der Waals surface area contributed by atoms with E-state index in [0.29, 0.717) is 5.82 Å². The lowest BCUT2D eigenvalue weighted by Gasteiger charge is -2.26. The van der Waals surface area contributed by atoms with Crippen molar-refractivity contribution in [3.63, 3.8) is 0 Å². The monoisotopic (exact) mass is 453 g/mol. The Morgan fingerprint density at radius 1 is 1.46 bits per heavy atom. The summed E-state index contributed by atoms with van der Waals surface area (Å²) in [5.74, 6) is 0.103. The van der Waals surface area contributed by atoms with E-state index in [9.17, 15) is 19.7 Å². The molecule has 0 radical (unpaired) electrons. The molecule has 0 fully saturated rings. The van der Waals surface area contributed by atoms with Gasteiger partial charge in [-0.1, -0.05) is 34.8 Å². The van der Waals surface area contributed by atoms with Gasteiger partial charge in [-0.05, 0) is 4.92 Å². The maximum absolute atomic E-state index is 12.0. The van der Waals surface area contributed by atoms with E-state index in [1.165, 1.54) is 16.8 Å². The molecule has 0 aromatic carbocycles. The number of carbonyl (C=O) groups excluding carboxylic acids is 1. The Labute approximate surface area is 172 Å². The highest BCUT2D eigenvalue weighted by molar-refractivity contribution is 6.68. The third-order valence-electron chi connectivity index (χ3n) is 3.31. The molecule has 0 spiro atoms. The summed E-state index contributed by atoms with van der Waals surface area (Å²) in [4.78, 5) is 43.6. The minimum atomic E-state index is -2.02. The molecule has 2 aromatic heterocycles. The van der Waals surface area contributed by atoms with Crippen molar-refractivity contribution in [1.82, 2.24) is 24.8 Å². The van der Waals surface area contributed by atoms with Gasteiger partial charge in [-0.25, -0.2) is 19.3 Å². The van der Waals surface area contributed by atoms with Gasteiger partial charge in [0.25, 0.3) is 5.56 Å². The van der Waals surface area contributed by atoms with Gasteiger partial charge < -0.3 is 20.2 Å². The van der Waals surface area contributed by atoms with E-state index in [0.717, 1.165) is 6.20 Å². The molecule has 152 valence electrons. The lowest BCUT2D eigenvalue weighted by atomic mass is 10.5. The minimum Gasteiger partial charge on any atom is -0.445 e. The van der Waals surface area contributed by atoms with Crippen molar-refractivity contribution < 1.29 is 14.5 Å². The summed E-state index contributed by atoms with van der Waals surface area (Å²) in [5.41, 5.74) is -0.458. The Morgan fingerprint density at radius 3 is 2.79 bits per heavy atom. The van der Waals surface area contributed by atoms with Gasteiger partial charge in [0.1, 0.15) is 19.3 Å². The number of anilines is 1. The summed E-state index contributed by atoms with van der Waals surface area (Å²) in [5, 5.41) is 15.7. The Bertz CT molecular complexity index is 910. The summed E-state index contributed by atoms with van der Waals surface area (Å²) in [6.45, 7) is 1.36. The van der Waals surface area contributed by atoms with E-state index < -0.39 is 26.5 Å². The first-order valence-corrected chi connectivity index (χ1v) is 8.69. The quantitative estimate of drug-likeness (QED) is 0.247. The molecule has 1 amide bonds. The molecule has 0 aliphatic heterocycles. The maximum atomic E-state index is 12.0. The number of ether oxygens (including phenoxy) is 1. The zero-order valence-electron chi connectivity index (χ0n) is 14.2. The molecule has 12 nitrogen and oxygen atoms in total. The van der Waals surface area contributed by atoms with Gasteiger partial charge in [0.05, 0.1) is 0 Å². The summed E-state index contributed by atoms with van der Waals surface area (Å²) < 4.78 is 4.22. The highest BCUT2D eigenvalue weighted by atomic mass is 35.6. The van der Waals surface area contributed by atoms with Crippen LogP contribution >= 0.6 is 34.8 Å². The van der Waals surface area contributed by atoms with Crippen LogP contribution in [0.2, 0.25) is 0 Å². The van der Waals surface area contributed by atoms with Crippen LogP contribution in [0.1, 0.15) is 5.82 Å². The molecule has 0 bridgehead atoms. The number of rotatable bonds is 7. The van der Waals surface area contributed by atoms with Crippen LogP contribution in [0, 0.1) is 17.0 Å². The second-order valence-corrected chi connectivity index (χ2v) is 7.62. The van der Waals surface area contributed by atoms with Gasteiger partial charge in [-0.3, -0.25) is 15.1 Å². The zero-order chi connectivity index (χ0) is 20.9.